The number of halogens is 1. The largest absolute Gasteiger partial charge is 0.318 e. The van der Waals surface area contributed by atoms with Gasteiger partial charge in [-0.2, -0.15) is 0 Å². The summed E-state index contributed by atoms with van der Waals surface area (Å²) in [4.78, 5) is 0. The second-order valence-electron chi connectivity index (χ2n) is 8.98. The molecule has 4 rings (SSSR count). The summed E-state index contributed by atoms with van der Waals surface area (Å²) in [6.07, 6.45) is 3.32. The molecule has 0 aliphatic heterocycles. The molecule has 3 aromatic carbocycles. The third-order valence-corrected chi connectivity index (χ3v) is 10.2. The lowest BCUT2D eigenvalue weighted by atomic mass is 9.75. The van der Waals surface area contributed by atoms with Crippen LogP contribution in [0.15, 0.2) is 71.2 Å². The molecule has 1 unspecified atom stereocenters. The number of rotatable bonds is 5. The van der Waals surface area contributed by atoms with Gasteiger partial charge in [-0.25, -0.2) is 0 Å². The summed E-state index contributed by atoms with van der Waals surface area (Å²) in [5, 5.41) is 3.71. The molecule has 1 saturated carbocycles. The molecule has 4 atom stereocenters. The average Bonchev–Trinajstić information content (AvgIpc) is 2.74. The third kappa shape index (κ3) is 4.17. The summed E-state index contributed by atoms with van der Waals surface area (Å²) in [5.74, 6) is 1.53. The van der Waals surface area contributed by atoms with Crippen molar-refractivity contribution in [1.82, 2.24) is 0 Å². The Bertz CT molecular complexity index is 1060. The van der Waals surface area contributed by atoms with Gasteiger partial charge in [0.05, 0.1) is 11.4 Å². The zero-order valence-electron chi connectivity index (χ0n) is 17.9. The molecule has 1 fully saturated rings. The van der Waals surface area contributed by atoms with E-state index < -0.39 is 7.37 Å². The molecular weight excluding hydrogens is 455 g/mol. The van der Waals surface area contributed by atoms with Crippen molar-refractivity contribution in [2.45, 2.75) is 46.1 Å². The topological polar surface area (TPSA) is 26.3 Å². The van der Waals surface area contributed by atoms with Gasteiger partial charge < -0.3 is 4.52 Å². The number of hydrogen-bond acceptors (Lipinski definition) is 2. The highest BCUT2D eigenvalue weighted by atomic mass is 79.9. The highest BCUT2D eigenvalue weighted by Crippen LogP contribution is 2.52. The fourth-order valence-electron chi connectivity index (χ4n) is 4.76. The van der Waals surface area contributed by atoms with E-state index in [-0.39, 0.29) is 6.10 Å². The predicted octanol–water partition coefficient (Wildman–Crippen LogP) is 7.31. The summed E-state index contributed by atoms with van der Waals surface area (Å²) in [6.45, 7) is 6.80. The number of hydrogen-bond donors (Lipinski definition) is 0. The molecule has 158 valence electrons. The normalized spacial score (nSPS) is 24.1. The van der Waals surface area contributed by atoms with E-state index in [9.17, 15) is 4.57 Å². The van der Waals surface area contributed by atoms with Crippen LogP contribution in [0, 0.1) is 17.8 Å². The van der Waals surface area contributed by atoms with E-state index in [0.717, 1.165) is 38.7 Å². The molecule has 0 radical (unpaired) electrons. The van der Waals surface area contributed by atoms with Crippen LogP contribution in [-0.4, -0.2) is 6.10 Å². The monoisotopic (exact) mass is 484 g/mol. The number of fused-ring (bicyclic) bond motifs is 1. The molecule has 2 nitrogen and oxygen atoms in total. The Kier molecular flexibility index (Phi) is 6.53. The van der Waals surface area contributed by atoms with Crippen molar-refractivity contribution >= 4 is 44.7 Å². The zero-order chi connectivity index (χ0) is 21.3. The molecule has 0 aromatic heterocycles. The first-order valence-electron chi connectivity index (χ1n) is 10.9. The first-order valence-corrected chi connectivity index (χ1v) is 13.3. The summed E-state index contributed by atoms with van der Waals surface area (Å²) in [6, 6.07) is 22.0. The van der Waals surface area contributed by atoms with Gasteiger partial charge in [0.15, 0.2) is 0 Å². The van der Waals surface area contributed by atoms with Crippen LogP contribution in [0.2, 0.25) is 0 Å². The Morgan fingerprint density at radius 1 is 0.967 bits per heavy atom. The maximum atomic E-state index is 14.8. The van der Waals surface area contributed by atoms with Crippen molar-refractivity contribution < 1.29 is 9.09 Å². The molecule has 0 heterocycles. The van der Waals surface area contributed by atoms with Gasteiger partial charge in [-0.15, -0.1) is 0 Å². The van der Waals surface area contributed by atoms with Gasteiger partial charge in [0.1, 0.15) is 0 Å². The molecule has 3 aromatic rings. The minimum Gasteiger partial charge on any atom is -0.318 e. The van der Waals surface area contributed by atoms with Gasteiger partial charge in [0.2, 0.25) is 0 Å². The standard InChI is InChI=1S/C26H30BrO2P/c1-18(2)22-15-13-19(3)17-24(22)29-30(28,21-10-5-4-6-11-21)25-16-14-20-9-7-8-12-23(20)26(25)27/h4-12,14,16,18-19,22,24H,13,15,17H2,1-3H3/t19-,22+,24-,30?/m0/s1. The fraction of sp³-hybridized carbons (Fsp3) is 0.385. The molecule has 1 aliphatic rings. The molecule has 0 amide bonds. The SMILES string of the molecule is CC(C)[C@H]1CC[C@H](C)C[C@@H]1OP(=O)(c1ccccc1)c1ccc2ccccc2c1Br. The highest BCUT2D eigenvalue weighted by Gasteiger charge is 2.39. The van der Waals surface area contributed by atoms with Crippen molar-refractivity contribution in [2.24, 2.45) is 17.8 Å². The third-order valence-electron chi connectivity index (χ3n) is 6.50. The Hall–Kier alpha value is -1.41. The van der Waals surface area contributed by atoms with Gasteiger partial charge in [0.25, 0.3) is 7.37 Å². The summed E-state index contributed by atoms with van der Waals surface area (Å²) < 4.78 is 22.4. The van der Waals surface area contributed by atoms with Crippen LogP contribution in [0.5, 0.6) is 0 Å². The van der Waals surface area contributed by atoms with Crippen molar-refractivity contribution in [1.29, 1.82) is 0 Å². The second-order valence-corrected chi connectivity index (χ2v) is 12.1. The molecule has 0 bridgehead atoms. The Morgan fingerprint density at radius 2 is 1.67 bits per heavy atom. The van der Waals surface area contributed by atoms with Crippen LogP contribution in [-0.2, 0) is 9.09 Å². The van der Waals surface area contributed by atoms with Crippen molar-refractivity contribution in [3.05, 3.63) is 71.2 Å². The van der Waals surface area contributed by atoms with Crippen LogP contribution in [0.25, 0.3) is 10.8 Å². The van der Waals surface area contributed by atoms with Crippen LogP contribution >= 0.6 is 23.3 Å². The molecular formula is C26H30BrO2P. The fourth-order valence-corrected chi connectivity index (χ4v) is 8.30. The van der Waals surface area contributed by atoms with Gasteiger partial charge in [0, 0.05) is 9.78 Å². The van der Waals surface area contributed by atoms with E-state index >= 15 is 0 Å². The van der Waals surface area contributed by atoms with Crippen LogP contribution in [0.4, 0.5) is 0 Å². The van der Waals surface area contributed by atoms with E-state index in [1.165, 1.54) is 6.42 Å². The van der Waals surface area contributed by atoms with Crippen LogP contribution < -0.4 is 10.6 Å². The van der Waals surface area contributed by atoms with Crippen LogP contribution in [0.1, 0.15) is 40.0 Å². The molecule has 0 saturated heterocycles. The summed E-state index contributed by atoms with van der Waals surface area (Å²) in [5.41, 5.74) is 0. The smallest absolute Gasteiger partial charge is 0.262 e. The lowest BCUT2D eigenvalue weighted by Crippen LogP contribution is -2.36. The van der Waals surface area contributed by atoms with Crippen LogP contribution in [0.3, 0.4) is 0 Å². The highest BCUT2D eigenvalue weighted by molar-refractivity contribution is 9.11. The van der Waals surface area contributed by atoms with E-state index in [1.54, 1.807) is 0 Å². The predicted molar refractivity (Wildman–Crippen MR) is 131 cm³/mol. The molecule has 1 aliphatic carbocycles. The summed E-state index contributed by atoms with van der Waals surface area (Å²) in [7, 11) is -3.28. The maximum absolute atomic E-state index is 14.8. The minimum atomic E-state index is -3.28. The van der Waals surface area contributed by atoms with Gasteiger partial charge in [-0.3, -0.25) is 4.57 Å². The lowest BCUT2D eigenvalue weighted by molar-refractivity contribution is 0.0514. The van der Waals surface area contributed by atoms with Gasteiger partial charge in [-0.05, 0) is 75.5 Å². The minimum absolute atomic E-state index is 0.00170. The lowest BCUT2D eigenvalue weighted by Gasteiger charge is -2.39. The Morgan fingerprint density at radius 3 is 2.40 bits per heavy atom. The first kappa shape index (κ1) is 21.8. The van der Waals surface area contributed by atoms with Crippen molar-refractivity contribution in [3.63, 3.8) is 0 Å². The molecule has 0 N–H and O–H groups in total. The van der Waals surface area contributed by atoms with Gasteiger partial charge in [-0.1, -0.05) is 75.7 Å². The molecule has 30 heavy (non-hydrogen) atoms. The van der Waals surface area contributed by atoms with Gasteiger partial charge >= 0.3 is 0 Å². The Labute approximate surface area is 188 Å². The molecule has 0 spiro atoms. The number of benzene rings is 3. The maximum Gasteiger partial charge on any atom is 0.262 e. The molecule has 4 heteroatoms. The average molecular weight is 485 g/mol. The first-order chi connectivity index (χ1) is 14.4. The quantitative estimate of drug-likeness (QED) is 0.354. The van der Waals surface area contributed by atoms with E-state index in [2.05, 4.69) is 54.9 Å². The van der Waals surface area contributed by atoms with E-state index in [4.69, 9.17) is 4.52 Å². The van der Waals surface area contributed by atoms with E-state index in [1.807, 2.05) is 48.5 Å². The summed E-state index contributed by atoms with van der Waals surface area (Å²) >= 11 is 3.78. The van der Waals surface area contributed by atoms with Crippen molar-refractivity contribution in [2.75, 3.05) is 0 Å². The zero-order valence-corrected chi connectivity index (χ0v) is 20.4. The van der Waals surface area contributed by atoms with Crippen molar-refractivity contribution in [3.8, 4) is 0 Å². The second kappa shape index (κ2) is 8.99. The Balaban J connectivity index is 1.85. The van der Waals surface area contributed by atoms with E-state index in [0.29, 0.717) is 17.8 Å².